The number of halogens is 1. The average molecular weight is 450 g/mol. The minimum absolute atomic E-state index is 0.105. The van der Waals surface area contributed by atoms with Crippen molar-refractivity contribution in [1.82, 2.24) is 5.32 Å². The molecule has 8 heteroatoms. The predicted molar refractivity (Wildman–Crippen MR) is 114 cm³/mol. The lowest BCUT2D eigenvalue weighted by Crippen LogP contribution is -2.34. The third-order valence-electron chi connectivity index (χ3n) is 3.58. The van der Waals surface area contributed by atoms with E-state index in [4.69, 9.17) is 17.0 Å². The zero-order valence-electron chi connectivity index (χ0n) is 15.1. The van der Waals surface area contributed by atoms with Crippen LogP contribution in [-0.4, -0.2) is 24.0 Å². The van der Waals surface area contributed by atoms with Crippen LogP contribution in [0, 0.1) is 5.92 Å². The van der Waals surface area contributed by atoms with Crippen LogP contribution in [-0.2, 0) is 4.79 Å². The molecule has 0 atom stereocenters. The molecule has 0 bridgehead atoms. The van der Waals surface area contributed by atoms with Crippen molar-refractivity contribution >= 4 is 56.4 Å². The number of thiocarbonyl (C=S) groups is 1. The molecule has 6 nitrogen and oxygen atoms in total. The summed E-state index contributed by atoms with van der Waals surface area (Å²) in [6, 6.07) is 12.1. The molecule has 2 aromatic carbocycles. The maximum Gasteiger partial charge on any atom is 0.257 e. The summed E-state index contributed by atoms with van der Waals surface area (Å²) in [5.41, 5.74) is 1.67. The monoisotopic (exact) mass is 449 g/mol. The van der Waals surface area contributed by atoms with Crippen molar-refractivity contribution in [2.75, 3.05) is 17.7 Å². The van der Waals surface area contributed by atoms with Crippen molar-refractivity contribution in [3.63, 3.8) is 0 Å². The average Bonchev–Trinajstić information content (AvgIpc) is 2.63. The van der Waals surface area contributed by atoms with Crippen LogP contribution < -0.4 is 20.7 Å². The van der Waals surface area contributed by atoms with E-state index in [0.29, 0.717) is 22.7 Å². The van der Waals surface area contributed by atoms with E-state index in [2.05, 4.69) is 31.9 Å². The van der Waals surface area contributed by atoms with Gasteiger partial charge in [-0.15, -0.1) is 0 Å². The lowest BCUT2D eigenvalue weighted by atomic mass is 10.2. The highest BCUT2D eigenvalue weighted by atomic mass is 79.9. The van der Waals surface area contributed by atoms with Crippen molar-refractivity contribution < 1.29 is 14.3 Å². The Morgan fingerprint density at radius 3 is 2.33 bits per heavy atom. The largest absolute Gasteiger partial charge is 0.494 e. The lowest BCUT2D eigenvalue weighted by molar-refractivity contribution is -0.118. The quantitative estimate of drug-likeness (QED) is 0.596. The molecule has 0 radical (unpaired) electrons. The van der Waals surface area contributed by atoms with E-state index in [1.807, 2.05) is 13.8 Å². The summed E-state index contributed by atoms with van der Waals surface area (Å²) in [7, 11) is 1.51. The van der Waals surface area contributed by atoms with Gasteiger partial charge >= 0.3 is 0 Å². The van der Waals surface area contributed by atoms with E-state index in [0.717, 1.165) is 4.47 Å². The molecule has 0 heterocycles. The number of benzene rings is 2. The Hall–Kier alpha value is -2.45. The summed E-state index contributed by atoms with van der Waals surface area (Å²) in [6.07, 6.45) is 0. The fourth-order valence-corrected chi connectivity index (χ4v) is 2.56. The summed E-state index contributed by atoms with van der Waals surface area (Å²) < 4.78 is 6.21. The summed E-state index contributed by atoms with van der Waals surface area (Å²) in [5.74, 6) is -0.0796. The molecule has 0 fully saturated rings. The van der Waals surface area contributed by atoms with Gasteiger partial charge in [0.1, 0.15) is 5.75 Å². The summed E-state index contributed by atoms with van der Waals surface area (Å²) in [5, 5.41) is 8.51. The van der Waals surface area contributed by atoms with E-state index in [1.165, 1.54) is 7.11 Å². The molecule has 2 aromatic rings. The smallest absolute Gasteiger partial charge is 0.257 e. The molecular formula is C19H20BrN3O3S. The minimum atomic E-state index is -0.312. The molecule has 0 saturated heterocycles. The second-order valence-electron chi connectivity index (χ2n) is 5.97. The lowest BCUT2D eigenvalue weighted by Gasteiger charge is -2.15. The number of rotatable bonds is 5. The highest BCUT2D eigenvalue weighted by Gasteiger charge is 2.12. The van der Waals surface area contributed by atoms with E-state index in [9.17, 15) is 9.59 Å². The van der Waals surface area contributed by atoms with Crippen LogP contribution in [0.3, 0.4) is 0 Å². The SMILES string of the molecule is COc1cc(NC(=S)NC(=O)c2ccc(Br)cc2)ccc1NC(=O)C(C)C. The second kappa shape index (κ2) is 9.48. The maximum absolute atomic E-state index is 12.2. The molecule has 3 N–H and O–H groups in total. The molecule has 0 aliphatic carbocycles. The van der Waals surface area contributed by atoms with E-state index < -0.39 is 0 Å². The number of ether oxygens (including phenoxy) is 1. The first-order chi connectivity index (χ1) is 12.8. The zero-order valence-corrected chi connectivity index (χ0v) is 17.5. The van der Waals surface area contributed by atoms with Gasteiger partial charge in [0.2, 0.25) is 5.91 Å². The number of methoxy groups -OCH3 is 1. The minimum Gasteiger partial charge on any atom is -0.494 e. The van der Waals surface area contributed by atoms with Crippen LogP contribution in [0.5, 0.6) is 5.75 Å². The van der Waals surface area contributed by atoms with E-state index in [1.54, 1.807) is 42.5 Å². The van der Waals surface area contributed by atoms with Crippen molar-refractivity contribution in [3.05, 3.63) is 52.5 Å². The van der Waals surface area contributed by atoms with Gasteiger partial charge in [-0.25, -0.2) is 0 Å². The fraction of sp³-hybridized carbons (Fsp3) is 0.211. The molecular weight excluding hydrogens is 430 g/mol. The Morgan fingerprint density at radius 1 is 1.07 bits per heavy atom. The highest BCUT2D eigenvalue weighted by molar-refractivity contribution is 9.10. The Bertz CT molecular complexity index is 854. The first kappa shape index (κ1) is 20.9. The van der Waals surface area contributed by atoms with Crippen LogP contribution in [0.2, 0.25) is 0 Å². The zero-order chi connectivity index (χ0) is 20.0. The van der Waals surface area contributed by atoms with Gasteiger partial charge in [-0.05, 0) is 48.6 Å². The molecule has 27 heavy (non-hydrogen) atoms. The van der Waals surface area contributed by atoms with Gasteiger partial charge in [0.15, 0.2) is 5.11 Å². The van der Waals surface area contributed by atoms with Crippen LogP contribution in [0.15, 0.2) is 46.9 Å². The number of carbonyl (C=O) groups is 2. The highest BCUT2D eigenvalue weighted by Crippen LogP contribution is 2.28. The first-order valence-corrected chi connectivity index (χ1v) is 9.37. The maximum atomic E-state index is 12.2. The Labute approximate surface area is 171 Å². The van der Waals surface area contributed by atoms with Gasteiger partial charge < -0.3 is 15.4 Å². The molecule has 0 aromatic heterocycles. The topological polar surface area (TPSA) is 79.5 Å². The summed E-state index contributed by atoms with van der Waals surface area (Å²) in [4.78, 5) is 24.1. The predicted octanol–water partition coefficient (Wildman–Crippen LogP) is 4.18. The molecule has 0 aliphatic rings. The summed E-state index contributed by atoms with van der Waals surface area (Å²) in [6.45, 7) is 3.62. The van der Waals surface area contributed by atoms with Crippen molar-refractivity contribution in [2.45, 2.75) is 13.8 Å². The van der Waals surface area contributed by atoms with Gasteiger partial charge in [0.05, 0.1) is 12.8 Å². The third kappa shape index (κ3) is 6.04. The Kier molecular flexibility index (Phi) is 7.32. The van der Waals surface area contributed by atoms with Crippen LogP contribution >= 0.6 is 28.1 Å². The van der Waals surface area contributed by atoms with Gasteiger partial charge in [-0.3, -0.25) is 14.9 Å². The Balaban J connectivity index is 2.03. The van der Waals surface area contributed by atoms with E-state index >= 15 is 0 Å². The standard InChI is InChI=1S/C19H20BrN3O3S/c1-11(2)17(24)22-15-9-8-14(10-16(15)26-3)21-19(27)23-18(25)12-4-6-13(20)7-5-12/h4-11H,1-3H3,(H,22,24)(H2,21,23,25,27). The Morgan fingerprint density at radius 2 is 1.74 bits per heavy atom. The van der Waals surface area contributed by atoms with Crippen molar-refractivity contribution in [2.24, 2.45) is 5.92 Å². The van der Waals surface area contributed by atoms with Crippen LogP contribution in [0.4, 0.5) is 11.4 Å². The van der Waals surface area contributed by atoms with E-state index in [-0.39, 0.29) is 22.8 Å². The molecule has 142 valence electrons. The van der Waals surface area contributed by atoms with Gasteiger partial charge in [0.25, 0.3) is 5.91 Å². The molecule has 2 rings (SSSR count). The molecule has 0 spiro atoms. The molecule has 2 amide bonds. The molecule has 0 aliphatic heterocycles. The van der Waals surface area contributed by atoms with Gasteiger partial charge in [-0.2, -0.15) is 0 Å². The number of anilines is 2. The number of amides is 2. The number of hydrogen-bond acceptors (Lipinski definition) is 4. The molecule has 0 unspecified atom stereocenters. The molecule has 0 saturated carbocycles. The van der Waals surface area contributed by atoms with Gasteiger partial charge in [0, 0.05) is 27.7 Å². The normalized spacial score (nSPS) is 10.3. The summed E-state index contributed by atoms with van der Waals surface area (Å²) >= 11 is 8.52. The second-order valence-corrected chi connectivity index (χ2v) is 7.30. The van der Waals surface area contributed by atoms with Crippen LogP contribution in [0.1, 0.15) is 24.2 Å². The first-order valence-electron chi connectivity index (χ1n) is 8.17. The number of carbonyl (C=O) groups excluding carboxylic acids is 2. The van der Waals surface area contributed by atoms with Crippen molar-refractivity contribution in [1.29, 1.82) is 0 Å². The number of nitrogens with one attached hydrogen (secondary N) is 3. The van der Waals surface area contributed by atoms with Crippen molar-refractivity contribution in [3.8, 4) is 5.75 Å². The fourth-order valence-electron chi connectivity index (χ4n) is 2.09. The number of hydrogen-bond donors (Lipinski definition) is 3. The third-order valence-corrected chi connectivity index (χ3v) is 4.31. The van der Waals surface area contributed by atoms with Crippen LogP contribution in [0.25, 0.3) is 0 Å². The van der Waals surface area contributed by atoms with Gasteiger partial charge in [-0.1, -0.05) is 29.8 Å².